The molecule has 0 radical (unpaired) electrons. The Morgan fingerprint density at radius 1 is 1.33 bits per heavy atom. The summed E-state index contributed by atoms with van der Waals surface area (Å²) in [6, 6.07) is 9.88. The highest BCUT2D eigenvalue weighted by Crippen LogP contribution is 2.38. The molecule has 1 amide bonds. The van der Waals surface area contributed by atoms with Crippen molar-refractivity contribution in [3.63, 3.8) is 0 Å². The number of pyridine rings is 1. The molecule has 2 fully saturated rings. The van der Waals surface area contributed by atoms with Crippen molar-refractivity contribution in [2.45, 2.75) is 25.3 Å². The molecule has 2 heterocycles. The number of nitrogens with zero attached hydrogens (tertiary/aromatic N) is 2. The lowest BCUT2D eigenvalue weighted by Gasteiger charge is -2.26. The zero-order valence-corrected chi connectivity index (χ0v) is 11.7. The van der Waals surface area contributed by atoms with Crippen LogP contribution in [0.4, 0.5) is 5.69 Å². The van der Waals surface area contributed by atoms with Crippen molar-refractivity contribution in [1.82, 2.24) is 9.88 Å². The van der Waals surface area contributed by atoms with E-state index in [4.69, 9.17) is 5.84 Å². The average Bonchev–Trinajstić information content (AvgIpc) is 3.16. The van der Waals surface area contributed by atoms with Crippen LogP contribution in [0.1, 0.15) is 29.8 Å². The minimum atomic E-state index is 0.0319. The minimum Gasteiger partial charge on any atom is -0.334 e. The minimum absolute atomic E-state index is 0.0319. The number of amides is 1. The van der Waals surface area contributed by atoms with Crippen LogP contribution in [0.15, 0.2) is 30.3 Å². The summed E-state index contributed by atoms with van der Waals surface area (Å²) in [6.45, 7) is 0.878. The number of carbonyl (C=O) groups excluding carboxylic acids is 1. The molecule has 1 aliphatic heterocycles. The molecule has 108 valence electrons. The van der Waals surface area contributed by atoms with Gasteiger partial charge in [-0.3, -0.25) is 10.6 Å². The lowest BCUT2D eigenvalue weighted by Crippen LogP contribution is -2.38. The van der Waals surface area contributed by atoms with E-state index in [2.05, 4.69) is 10.4 Å². The van der Waals surface area contributed by atoms with Crippen LogP contribution >= 0.6 is 0 Å². The highest BCUT2D eigenvalue weighted by molar-refractivity contribution is 5.99. The molecule has 2 aliphatic rings. The Morgan fingerprint density at radius 3 is 2.90 bits per heavy atom. The number of likely N-dealkylation sites (tertiary alicyclic amines) is 1. The van der Waals surface area contributed by atoms with E-state index in [1.807, 2.05) is 29.2 Å². The summed E-state index contributed by atoms with van der Waals surface area (Å²) >= 11 is 0. The molecule has 1 saturated carbocycles. The van der Waals surface area contributed by atoms with Gasteiger partial charge in [-0.1, -0.05) is 18.2 Å². The number of benzene rings is 1. The smallest absolute Gasteiger partial charge is 0.272 e. The summed E-state index contributed by atoms with van der Waals surface area (Å²) in [4.78, 5) is 19.3. The molecule has 2 aromatic rings. The molecule has 4 rings (SSSR count). The number of para-hydroxylation sites is 1. The maximum atomic E-state index is 12.7. The van der Waals surface area contributed by atoms with Crippen molar-refractivity contribution < 1.29 is 4.79 Å². The van der Waals surface area contributed by atoms with Crippen LogP contribution in [0, 0.1) is 5.92 Å². The summed E-state index contributed by atoms with van der Waals surface area (Å²) in [5.74, 6) is 6.31. The van der Waals surface area contributed by atoms with E-state index in [0.717, 1.165) is 36.0 Å². The Morgan fingerprint density at radius 2 is 2.19 bits per heavy atom. The van der Waals surface area contributed by atoms with Gasteiger partial charge < -0.3 is 10.3 Å². The number of carbonyl (C=O) groups is 1. The van der Waals surface area contributed by atoms with Crippen LogP contribution in [0.2, 0.25) is 0 Å². The van der Waals surface area contributed by atoms with Gasteiger partial charge in [-0.15, -0.1) is 0 Å². The van der Waals surface area contributed by atoms with Gasteiger partial charge in [-0.05, 0) is 37.3 Å². The molecular formula is C16H18N4O. The summed E-state index contributed by atoms with van der Waals surface area (Å²) < 4.78 is 0. The third-order valence-corrected chi connectivity index (χ3v) is 4.76. The number of hydrazine groups is 1. The first-order valence-corrected chi connectivity index (χ1v) is 7.43. The summed E-state index contributed by atoms with van der Waals surface area (Å²) in [5.41, 5.74) is 4.70. The van der Waals surface area contributed by atoms with E-state index in [1.165, 1.54) is 6.42 Å². The molecular weight excluding hydrogens is 264 g/mol. The molecule has 1 aromatic heterocycles. The second-order valence-corrected chi connectivity index (χ2v) is 6.01. The molecule has 2 unspecified atom stereocenters. The first-order valence-electron chi connectivity index (χ1n) is 7.43. The number of nitrogen functional groups attached to an aromatic ring is 1. The van der Waals surface area contributed by atoms with Crippen LogP contribution in [0.25, 0.3) is 10.9 Å². The zero-order valence-electron chi connectivity index (χ0n) is 11.7. The number of anilines is 1. The van der Waals surface area contributed by atoms with Crippen molar-refractivity contribution in [1.29, 1.82) is 0 Å². The van der Waals surface area contributed by atoms with Gasteiger partial charge in [0.2, 0.25) is 0 Å². The Hall–Kier alpha value is -2.14. The van der Waals surface area contributed by atoms with Gasteiger partial charge in [0, 0.05) is 18.0 Å². The fraction of sp³-hybridized carbons (Fsp3) is 0.375. The van der Waals surface area contributed by atoms with Crippen molar-refractivity contribution in [3.05, 3.63) is 36.0 Å². The Bertz CT molecular complexity index is 714. The number of nitrogens with two attached hydrogens (primary N) is 1. The van der Waals surface area contributed by atoms with Crippen molar-refractivity contribution >= 4 is 22.5 Å². The number of fused-ring (bicyclic) bond motifs is 3. The highest BCUT2D eigenvalue weighted by atomic mass is 16.2. The molecule has 2 atom stereocenters. The SMILES string of the molecule is NNc1cc(C(=O)N2CC3CCC2C3)nc2ccccc12. The monoisotopic (exact) mass is 282 g/mol. The first kappa shape index (κ1) is 12.6. The molecule has 3 N–H and O–H groups in total. The van der Waals surface area contributed by atoms with Gasteiger partial charge >= 0.3 is 0 Å². The largest absolute Gasteiger partial charge is 0.334 e. The van der Waals surface area contributed by atoms with Gasteiger partial charge in [0.15, 0.2) is 0 Å². The predicted molar refractivity (Wildman–Crippen MR) is 81.7 cm³/mol. The molecule has 0 spiro atoms. The fourth-order valence-corrected chi connectivity index (χ4v) is 3.72. The van der Waals surface area contributed by atoms with E-state index < -0.39 is 0 Å². The quantitative estimate of drug-likeness (QED) is 0.654. The van der Waals surface area contributed by atoms with Crippen LogP contribution in [-0.4, -0.2) is 28.4 Å². The van der Waals surface area contributed by atoms with E-state index in [0.29, 0.717) is 17.7 Å². The number of aromatic nitrogens is 1. The number of piperidine rings is 1. The number of rotatable bonds is 2. The van der Waals surface area contributed by atoms with Crippen molar-refractivity contribution in [2.75, 3.05) is 12.0 Å². The van der Waals surface area contributed by atoms with Gasteiger partial charge in [0.1, 0.15) is 5.69 Å². The molecule has 1 saturated heterocycles. The third kappa shape index (κ3) is 1.96. The first-order chi connectivity index (χ1) is 10.3. The topological polar surface area (TPSA) is 71.2 Å². The normalized spacial score (nSPS) is 23.8. The standard InChI is InChI=1S/C16H18N4O/c17-19-14-8-15(18-13-4-2-1-3-12(13)14)16(21)20-9-10-5-6-11(20)7-10/h1-4,8,10-11H,5-7,9,17H2,(H,18,19). The summed E-state index contributed by atoms with van der Waals surface area (Å²) in [6.07, 6.45) is 3.54. The van der Waals surface area contributed by atoms with Crippen LogP contribution in [0.5, 0.6) is 0 Å². The van der Waals surface area contributed by atoms with Crippen molar-refractivity contribution in [2.24, 2.45) is 11.8 Å². The van der Waals surface area contributed by atoms with Gasteiger partial charge in [-0.2, -0.15) is 0 Å². The molecule has 5 nitrogen and oxygen atoms in total. The molecule has 5 heteroatoms. The Kier molecular flexibility index (Phi) is 2.82. The van der Waals surface area contributed by atoms with E-state index >= 15 is 0 Å². The van der Waals surface area contributed by atoms with Crippen LogP contribution in [-0.2, 0) is 0 Å². The molecule has 1 aliphatic carbocycles. The highest BCUT2D eigenvalue weighted by Gasteiger charge is 2.40. The van der Waals surface area contributed by atoms with Crippen LogP contribution < -0.4 is 11.3 Å². The van der Waals surface area contributed by atoms with E-state index in [9.17, 15) is 4.79 Å². The molecule has 1 aromatic carbocycles. The number of nitrogens with one attached hydrogen (secondary N) is 1. The Balaban J connectivity index is 1.74. The second kappa shape index (κ2) is 4.70. The van der Waals surface area contributed by atoms with Gasteiger partial charge in [-0.25, -0.2) is 4.98 Å². The summed E-state index contributed by atoms with van der Waals surface area (Å²) in [5, 5.41) is 0.930. The second-order valence-electron chi connectivity index (χ2n) is 6.01. The predicted octanol–water partition coefficient (Wildman–Crippen LogP) is 2.14. The number of hydrogen-bond donors (Lipinski definition) is 2. The average molecular weight is 282 g/mol. The van der Waals surface area contributed by atoms with Gasteiger partial charge in [0.25, 0.3) is 5.91 Å². The zero-order chi connectivity index (χ0) is 14.4. The molecule has 2 bridgehead atoms. The van der Waals surface area contributed by atoms with Crippen LogP contribution in [0.3, 0.4) is 0 Å². The molecule has 21 heavy (non-hydrogen) atoms. The fourth-order valence-electron chi connectivity index (χ4n) is 3.72. The maximum Gasteiger partial charge on any atom is 0.272 e. The van der Waals surface area contributed by atoms with Crippen molar-refractivity contribution in [3.8, 4) is 0 Å². The Labute approximate surface area is 123 Å². The third-order valence-electron chi connectivity index (χ3n) is 4.76. The lowest BCUT2D eigenvalue weighted by molar-refractivity contribution is 0.0698. The number of hydrogen-bond acceptors (Lipinski definition) is 4. The summed E-state index contributed by atoms with van der Waals surface area (Å²) in [7, 11) is 0. The van der Waals surface area contributed by atoms with E-state index in [-0.39, 0.29) is 5.91 Å². The van der Waals surface area contributed by atoms with E-state index in [1.54, 1.807) is 6.07 Å². The lowest BCUT2D eigenvalue weighted by atomic mass is 10.1. The van der Waals surface area contributed by atoms with Gasteiger partial charge in [0.05, 0.1) is 11.2 Å². The maximum absolute atomic E-state index is 12.7.